The van der Waals surface area contributed by atoms with E-state index in [1.54, 1.807) is 26.5 Å². The molecule has 0 aliphatic rings. The lowest BCUT2D eigenvalue weighted by Gasteiger charge is -1.98. The lowest BCUT2D eigenvalue weighted by Crippen LogP contribution is -1.87. The number of aromatic nitrogens is 1. The number of methoxy groups -OCH3 is 2. The smallest absolute Gasteiger partial charge is 0.212 e. The van der Waals surface area contributed by atoms with Crippen molar-refractivity contribution in [2.24, 2.45) is 0 Å². The minimum absolute atomic E-state index is 0.585. The van der Waals surface area contributed by atoms with E-state index in [1.165, 1.54) is 0 Å². The van der Waals surface area contributed by atoms with Crippen LogP contribution in [-0.2, 0) is 0 Å². The Morgan fingerprint density at radius 2 is 1.78 bits per heavy atom. The number of hydrogen-bond donors (Lipinski definition) is 0. The van der Waals surface area contributed by atoms with E-state index >= 15 is 0 Å². The van der Waals surface area contributed by atoms with Gasteiger partial charge in [0.25, 0.3) is 0 Å². The second kappa shape index (κ2) is 5.74. The number of benzene rings is 1. The summed E-state index contributed by atoms with van der Waals surface area (Å²) in [5.41, 5.74) is 1.75. The number of hydrogen-bond acceptors (Lipinski definition) is 3. The predicted molar refractivity (Wildman–Crippen MR) is 69.8 cm³/mol. The van der Waals surface area contributed by atoms with E-state index in [-0.39, 0.29) is 0 Å². The molecule has 1 aromatic carbocycles. The van der Waals surface area contributed by atoms with Gasteiger partial charge in [0, 0.05) is 23.4 Å². The maximum Gasteiger partial charge on any atom is 0.212 e. The fourth-order valence-corrected chi connectivity index (χ4v) is 1.42. The maximum atomic E-state index is 5.14. The van der Waals surface area contributed by atoms with Gasteiger partial charge in [-0.2, -0.15) is 0 Å². The second-order valence-electron chi connectivity index (χ2n) is 3.57. The SMILES string of the molecule is COc1cccc(C#Cc2ccc(OC)nc2)c1. The summed E-state index contributed by atoms with van der Waals surface area (Å²) < 4.78 is 10.1. The molecule has 0 aliphatic heterocycles. The lowest BCUT2D eigenvalue weighted by atomic mass is 10.2. The number of rotatable bonds is 2. The van der Waals surface area contributed by atoms with E-state index in [4.69, 9.17) is 9.47 Å². The molecule has 3 nitrogen and oxygen atoms in total. The van der Waals surface area contributed by atoms with E-state index in [2.05, 4.69) is 16.8 Å². The van der Waals surface area contributed by atoms with Gasteiger partial charge in [-0.25, -0.2) is 4.98 Å². The molecular formula is C15H13NO2. The quantitative estimate of drug-likeness (QED) is 0.754. The molecule has 0 unspecified atom stereocenters. The summed E-state index contributed by atoms with van der Waals surface area (Å²) in [7, 11) is 3.23. The number of nitrogens with zero attached hydrogens (tertiary/aromatic N) is 1. The van der Waals surface area contributed by atoms with Gasteiger partial charge in [-0.1, -0.05) is 17.9 Å². The van der Waals surface area contributed by atoms with Crippen LogP contribution < -0.4 is 9.47 Å². The van der Waals surface area contributed by atoms with Crippen LogP contribution in [0.3, 0.4) is 0 Å². The molecule has 3 heteroatoms. The Bertz CT molecular complexity index is 579. The molecule has 1 heterocycles. The molecule has 2 rings (SSSR count). The molecule has 0 spiro atoms. The summed E-state index contributed by atoms with van der Waals surface area (Å²) in [6.45, 7) is 0. The predicted octanol–water partition coefficient (Wildman–Crippen LogP) is 2.50. The van der Waals surface area contributed by atoms with E-state index in [0.29, 0.717) is 5.88 Å². The summed E-state index contributed by atoms with van der Waals surface area (Å²) in [5.74, 6) is 7.49. The minimum atomic E-state index is 0.585. The minimum Gasteiger partial charge on any atom is -0.497 e. The van der Waals surface area contributed by atoms with Gasteiger partial charge in [-0.05, 0) is 24.3 Å². The summed E-state index contributed by atoms with van der Waals surface area (Å²) in [6.07, 6.45) is 1.69. The summed E-state index contributed by atoms with van der Waals surface area (Å²) in [6, 6.07) is 11.3. The first-order valence-corrected chi connectivity index (χ1v) is 5.48. The molecule has 0 N–H and O–H groups in total. The first kappa shape index (κ1) is 12.0. The molecule has 0 bridgehead atoms. The molecule has 0 fully saturated rings. The van der Waals surface area contributed by atoms with Gasteiger partial charge in [0.1, 0.15) is 5.75 Å². The fraction of sp³-hybridized carbons (Fsp3) is 0.133. The highest BCUT2D eigenvalue weighted by molar-refractivity contribution is 5.44. The van der Waals surface area contributed by atoms with E-state index < -0.39 is 0 Å². The van der Waals surface area contributed by atoms with Crippen molar-refractivity contribution in [1.29, 1.82) is 0 Å². The van der Waals surface area contributed by atoms with Crippen molar-refractivity contribution in [3.8, 4) is 23.5 Å². The lowest BCUT2D eigenvalue weighted by molar-refractivity contribution is 0.398. The van der Waals surface area contributed by atoms with Crippen molar-refractivity contribution in [3.63, 3.8) is 0 Å². The zero-order valence-electron chi connectivity index (χ0n) is 10.3. The highest BCUT2D eigenvalue weighted by Crippen LogP contribution is 2.11. The van der Waals surface area contributed by atoms with Gasteiger partial charge in [0.05, 0.1) is 14.2 Å². The molecule has 0 amide bonds. The molecular weight excluding hydrogens is 226 g/mol. The standard InChI is InChI=1S/C15H13NO2/c1-17-14-5-3-4-12(10-14)6-7-13-8-9-15(18-2)16-11-13/h3-5,8-11H,1-2H3. The van der Waals surface area contributed by atoms with Crippen LogP contribution in [0.4, 0.5) is 0 Å². The molecule has 0 aliphatic carbocycles. The van der Waals surface area contributed by atoms with Gasteiger partial charge >= 0.3 is 0 Å². The number of pyridine rings is 1. The molecule has 0 saturated carbocycles. The van der Waals surface area contributed by atoms with E-state index in [9.17, 15) is 0 Å². The molecule has 0 saturated heterocycles. The molecule has 0 atom stereocenters. The van der Waals surface area contributed by atoms with Gasteiger partial charge in [0.2, 0.25) is 5.88 Å². The van der Waals surface area contributed by atoms with Crippen molar-refractivity contribution in [1.82, 2.24) is 4.98 Å². The third-order valence-corrected chi connectivity index (χ3v) is 2.37. The average molecular weight is 239 g/mol. The third-order valence-electron chi connectivity index (χ3n) is 2.37. The largest absolute Gasteiger partial charge is 0.497 e. The maximum absolute atomic E-state index is 5.14. The van der Waals surface area contributed by atoms with Crippen LogP contribution in [0.2, 0.25) is 0 Å². The fourth-order valence-electron chi connectivity index (χ4n) is 1.42. The first-order chi connectivity index (χ1) is 8.81. The van der Waals surface area contributed by atoms with Gasteiger partial charge in [-0.3, -0.25) is 0 Å². The van der Waals surface area contributed by atoms with Gasteiger partial charge < -0.3 is 9.47 Å². The highest BCUT2D eigenvalue weighted by atomic mass is 16.5. The molecule has 18 heavy (non-hydrogen) atoms. The Balaban J connectivity index is 2.19. The summed E-state index contributed by atoms with van der Waals surface area (Å²) in [5, 5.41) is 0. The Morgan fingerprint density at radius 3 is 2.44 bits per heavy atom. The zero-order valence-corrected chi connectivity index (χ0v) is 10.3. The van der Waals surface area contributed by atoms with Crippen LogP contribution in [0.15, 0.2) is 42.6 Å². The molecule has 90 valence electrons. The average Bonchev–Trinajstić information content (AvgIpc) is 2.46. The Labute approximate surface area is 106 Å². The molecule has 2 aromatic rings. The zero-order chi connectivity index (χ0) is 12.8. The van der Waals surface area contributed by atoms with Crippen molar-refractivity contribution in [3.05, 3.63) is 53.7 Å². The number of ether oxygens (including phenoxy) is 2. The van der Waals surface area contributed by atoms with Gasteiger partial charge in [0.15, 0.2) is 0 Å². The van der Waals surface area contributed by atoms with Crippen LogP contribution >= 0.6 is 0 Å². The van der Waals surface area contributed by atoms with Crippen molar-refractivity contribution in [2.45, 2.75) is 0 Å². The molecule has 0 radical (unpaired) electrons. The van der Waals surface area contributed by atoms with Crippen LogP contribution in [0, 0.1) is 11.8 Å². The van der Waals surface area contributed by atoms with Crippen LogP contribution in [0.25, 0.3) is 0 Å². The normalized spacial score (nSPS) is 9.22. The Kier molecular flexibility index (Phi) is 3.83. The second-order valence-corrected chi connectivity index (χ2v) is 3.57. The summed E-state index contributed by atoms with van der Waals surface area (Å²) >= 11 is 0. The summed E-state index contributed by atoms with van der Waals surface area (Å²) in [4.78, 5) is 4.09. The Hall–Kier alpha value is -2.47. The van der Waals surface area contributed by atoms with Crippen molar-refractivity contribution in [2.75, 3.05) is 14.2 Å². The highest BCUT2D eigenvalue weighted by Gasteiger charge is 1.93. The monoisotopic (exact) mass is 239 g/mol. The Morgan fingerprint density at radius 1 is 0.944 bits per heavy atom. The van der Waals surface area contributed by atoms with E-state index in [1.807, 2.05) is 30.3 Å². The topological polar surface area (TPSA) is 31.4 Å². The molecule has 1 aromatic heterocycles. The first-order valence-electron chi connectivity index (χ1n) is 5.48. The van der Waals surface area contributed by atoms with Crippen LogP contribution in [-0.4, -0.2) is 19.2 Å². The van der Waals surface area contributed by atoms with Crippen molar-refractivity contribution >= 4 is 0 Å². The van der Waals surface area contributed by atoms with E-state index in [0.717, 1.165) is 16.9 Å². The van der Waals surface area contributed by atoms with Gasteiger partial charge in [-0.15, -0.1) is 0 Å². The van der Waals surface area contributed by atoms with Crippen LogP contribution in [0.1, 0.15) is 11.1 Å². The van der Waals surface area contributed by atoms with Crippen molar-refractivity contribution < 1.29 is 9.47 Å². The third kappa shape index (κ3) is 3.02. The van der Waals surface area contributed by atoms with Crippen LogP contribution in [0.5, 0.6) is 11.6 Å².